The van der Waals surface area contributed by atoms with Gasteiger partial charge in [0.25, 0.3) is 5.69 Å². The van der Waals surface area contributed by atoms with Crippen LogP contribution >= 0.6 is 0 Å². The average Bonchev–Trinajstić information content (AvgIpc) is 2.39. The van der Waals surface area contributed by atoms with Crippen molar-refractivity contribution in [2.45, 2.75) is 6.92 Å². The van der Waals surface area contributed by atoms with Gasteiger partial charge in [0, 0.05) is 11.6 Å². The van der Waals surface area contributed by atoms with Crippen LogP contribution in [0.5, 0.6) is 11.6 Å². The molecule has 0 aliphatic rings. The highest BCUT2D eigenvalue weighted by molar-refractivity contribution is 5.84. The standard InChI is InChI=1S/C12H9N3O5/c1-7-4-8(2-3-10(7)15(18)19)20-11-6-13-9(5-14-11)12(16)17/h2-6H,1H3,(H,16,17). The Bertz CT molecular complexity index is 669. The van der Waals surface area contributed by atoms with E-state index in [9.17, 15) is 14.9 Å². The van der Waals surface area contributed by atoms with Gasteiger partial charge in [0.2, 0.25) is 5.88 Å². The second kappa shape index (κ2) is 5.31. The van der Waals surface area contributed by atoms with Crippen LogP contribution < -0.4 is 4.74 Å². The van der Waals surface area contributed by atoms with Crippen LogP contribution in [0.4, 0.5) is 5.69 Å². The minimum absolute atomic E-state index is 0.00957. The lowest BCUT2D eigenvalue weighted by Crippen LogP contribution is -2.01. The maximum atomic E-state index is 10.7. The molecule has 0 saturated carbocycles. The number of aromatic nitrogens is 2. The highest BCUT2D eigenvalue weighted by atomic mass is 16.6. The average molecular weight is 275 g/mol. The molecule has 1 aromatic heterocycles. The van der Waals surface area contributed by atoms with E-state index in [1.165, 1.54) is 24.4 Å². The van der Waals surface area contributed by atoms with Crippen molar-refractivity contribution in [3.05, 3.63) is 52.0 Å². The molecule has 0 unspecified atom stereocenters. The third-order valence-electron chi connectivity index (χ3n) is 2.43. The summed E-state index contributed by atoms with van der Waals surface area (Å²) in [7, 11) is 0. The van der Waals surface area contributed by atoms with Crippen LogP contribution in [-0.4, -0.2) is 26.0 Å². The molecule has 20 heavy (non-hydrogen) atoms. The molecule has 0 bridgehead atoms. The van der Waals surface area contributed by atoms with Gasteiger partial charge in [-0.1, -0.05) is 0 Å². The van der Waals surface area contributed by atoms with Gasteiger partial charge < -0.3 is 9.84 Å². The number of hydrogen-bond acceptors (Lipinski definition) is 6. The Morgan fingerprint density at radius 1 is 1.35 bits per heavy atom. The van der Waals surface area contributed by atoms with Crippen molar-refractivity contribution in [1.82, 2.24) is 9.97 Å². The van der Waals surface area contributed by atoms with Crippen molar-refractivity contribution >= 4 is 11.7 Å². The number of nitro groups is 1. The number of carboxylic acids is 1. The summed E-state index contributed by atoms with van der Waals surface area (Å²) >= 11 is 0. The molecule has 0 radical (unpaired) electrons. The van der Waals surface area contributed by atoms with Crippen LogP contribution in [0.2, 0.25) is 0 Å². The van der Waals surface area contributed by atoms with E-state index in [4.69, 9.17) is 9.84 Å². The smallest absolute Gasteiger partial charge is 0.356 e. The number of rotatable bonds is 4. The monoisotopic (exact) mass is 275 g/mol. The Morgan fingerprint density at radius 2 is 2.10 bits per heavy atom. The van der Waals surface area contributed by atoms with Crippen molar-refractivity contribution < 1.29 is 19.6 Å². The molecule has 2 rings (SSSR count). The van der Waals surface area contributed by atoms with E-state index in [2.05, 4.69) is 9.97 Å². The van der Waals surface area contributed by atoms with Crippen molar-refractivity contribution in [3.8, 4) is 11.6 Å². The van der Waals surface area contributed by atoms with Gasteiger partial charge in [0.1, 0.15) is 5.75 Å². The normalized spacial score (nSPS) is 10.1. The second-order valence-electron chi connectivity index (χ2n) is 3.85. The fourth-order valence-corrected chi connectivity index (χ4v) is 1.50. The molecule has 2 aromatic rings. The minimum atomic E-state index is -1.18. The van der Waals surface area contributed by atoms with Gasteiger partial charge in [-0.2, -0.15) is 0 Å². The summed E-state index contributed by atoms with van der Waals surface area (Å²) in [6.45, 7) is 1.59. The number of aryl methyl sites for hydroxylation is 1. The zero-order valence-electron chi connectivity index (χ0n) is 10.3. The quantitative estimate of drug-likeness (QED) is 0.671. The molecule has 0 spiro atoms. The first-order chi connectivity index (χ1) is 9.47. The molecule has 102 valence electrons. The molecule has 8 nitrogen and oxygen atoms in total. The fourth-order valence-electron chi connectivity index (χ4n) is 1.50. The van der Waals surface area contributed by atoms with E-state index < -0.39 is 10.9 Å². The van der Waals surface area contributed by atoms with E-state index in [1.807, 2.05) is 0 Å². The predicted molar refractivity (Wildman–Crippen MR) is 66.9 cm³/mol. The van der Waals surface area contributed by atoms with Crippen LogP contribution in [0, 0.1) is 17.0 Å². The zero-order valence-corrected chi connectivity index (χ0v) is 10.3. The van der Waals surface area contributed by atoms with Crippen molar-refractivity contribution in [3.63, 3.8) is 0 Å². The first-order valence-electron chi connectivity index (χ1n) is 5.45. The molecule has 0 aliphatic carbocycles. The third kappa shape index (κ3) is 2.86. The second-order valence-corrected chi connectivity index (χ2v) is 3.85. The molecular weight excluding hydrogens is 266 g/mol. The summed E-state index contributed by atoms with van der Waals surface area (Å²) in [5.41, 5.74) is 0.240. The highest BCUT2D eigenvalue weighted by Crippen LogP contribution is 2.25. The van der Waals surface area contributed by atoms with Crippen molar-refractivity contribution in [2.24, 2.45) is 0 Å². The number of ether oxygens (including phenoxy) is 1. The van der Waals surface area contributed by atoms with Crippen LogP contribution in [0.25, 0.3) is 0 Å². The number of benzene rings is 1. The lowest BCUT2D eigenvalue weighted by molar-refractivity contribution is -0.385. The highest BCUT2D eigenvalue weighted by Gasteiger charge is 2.12. The van der Waals surface area contributed by atoms with E-state index in [0.717, 1.165) is 6.20 Å². The number of carboxylic acid groups (broad SMARTS) is 1. The van der Waals surface area contributed by atoms with E-state index in [-0.39, 0.29) is 17.3 Å². The van der Waals surface area contributed by atoms with Gasteiger partial charge in [-0.3, -0.25) is 10.1 Å². The lowest BCUT2D eigenvalue weighted by atomic mass is 10.2. The number of nitro benzene ring substituents is 1. The zero-order chi connectivity index (χ0) is 14.7. The SMILES string of the molecule is Cc1cc(Oc2cnc(C(=O)O)cn2)ccc1[N+](=O)[O-]. The Labute approximate surface area is 112 Å². The van der Waals surface area contributed by atoms with Gasteiger partial charge >= 0.3 is 5.97 Å². The van der Waals surface area contributed by atoms with Gasteiger partial charge in [0.05, 0.1) is 17.3 Å². The Balaban J connectivity index is 2.19. The first-order valence-corrected chi connectivity index (χ1v) is 5.45. The minimum Gasteiger partial charge on any atom is -0.476 e. The molecule has 0 aliphatic heterocycles. The topological polar surface area (TPSA) is 115 Å². The van der Waals surface area contributed by atoms with Crippen molar-refractivity contribution in [1.29, 1.82) is 0 Å². The maximum absolute atomic E-state index is 10.7. The molecule has 1 aromatic carbocycles. The first kappa shape index (κ1) is 13.4. The molecule has 1 heterocycles. The predicted octanol–water partition coefficient (Wildman–Crippen LogP) is 2.18. The third-order valence-corrected chi connectivity index (χ3v) is 2.43. The van der Waals surface area contributed by atoms with Gasteiger partial charge in [0.15, 0.2) is 5.69 Å². The number of nitrogens with zero attached hydrogens (tertiary/aromatic N) is 3. The van der Waals surface area contributed by atoms with Gasteiger partial charge in [-0.05, 0) is 19.1 Å². The molecule has 0 amide bonds. The molecule has 8 heteroatoms. The summed E-state index contributed by atoms with van der Waals surface area (Å²) in [5, 5.41) is 19.4. The van der Waals surface area contributed by atoms with Crippen LogP contribution in [0.1, 0.15) is 16.1 Å². The van der Waals surface area contributed by atoms with Gasteiger partial charge in [-0.25, -0.2) is 14.8 Å². The molecule has 0 saturated heterocycles. The Morgan fingerprint density at radius 3 is 2.60 bits per heavy atom. The van der Waals surface area contributed by atoms with Crippen LogP contribution in [0.15, 0.2) is 30.6 Å². The van der Waals surface area contributed by atoms with E-state index in [1.54, 1.807) is 6.92 Å². The molecular formula is C12H9N3O5. The number of carbonyl (C=O) groups is 1. The van der Waals surface area contributed by atoms with Crippen LogP contribution in [-0.2, 0) is 0 Å². The van der Waals surface area contributed by atoms with Gasteiger partial charge in [-0.15, -0.1) is 0 Å². The summed E-state index contributed by atoms with van der Waals surface area (Å²) in [6, 6.07) is 4.24. The summed E-state index contributed by atoms with van der Waals surface area (Å²) in [6.07, 6.45) is 2.23. The largest absolute Gasteiger partial charge is 0.476 e. The van der Waals surface area contributed by atoms with E-state index in [0.29, 0.717) is 11.3 Å². The Hall–Kier alpha value is -3.03. The summed E-state index contributed by atoms with van der Waals surface area (Å²) in [5.74, 6) is -0.732. The number of hydrogen-bond donors (Lipinski definition) is 1. The lowest BCUT2D eigenvalue weighted by Gasteiger charge is -2.05. The Kier molecular flexibility index (Phi) is 3.56. The summed E-state index contributed by atoms with van der Waals surface area (Å²) < 4.78 is 5.34. The molecule has 1 N–H and O–H groups in total. The number of aromatic carboxylic acids is 1. The van der Waals surface area contributed by atoms with E-state index >= 15 is 0 Å². The van der Waals surface area contributed by atoms with Crippen molar-refractivity contribution in [2.75, 3.05) is 0 Å². The maximum Gasteiger partial charge on any atom is 0.356 e. The summed E-state index contributed by atoms with van der Waals surface area (Å²) in [4.78, 5) is 28.2. The molecule has 0 fully saturated rings. The molecule has 0 atom stereocenters. The van der Waals surface area contributed by atoms with Crippen LogP contribution in [0.3, 0.4) is 0 Å². The fraction of sp³-hybridized carbons (Fsp3) is 0.0833.